The van der Waals surface area contributed by atoms with Crippen LogP contribution in [0.25, 0.3) is 0 Å². The molecule has 33 heavy (non-hydrogen) atoms. The number of aromatic amines is 1. The Hall–Kier alpha value is -2.98. The van der Waals surface area contributed by atoms with Gasteiger partial charge >= 0.3 is 6.09 Å². The summed E-state index contributed by atoms with van der Waals surface area (Å²) in [6.07, 6.45) is 1.03. The number of primary amides is 1. The van der Waals surface area contributed by atoms with Crippen LogP contribution in [0.4, 0.5) is 13.6 Å². The summed E-state index contributed by atoms with van der Waals surface area (Å²) in [5.41, 5.74) is 5.18. The Morgan fingerprint density at radius 2 is 2.12 bits per heavy atom. The number of hydrogen-bond acceptors (Lipinski definition) is 5. The lowest BCUT2D eigenvalue weighted by molar-refractivity contribution is 0.0238. The fourth-order valence-corrected chi connectivity index (χ4v) is 4.62. The monoisotopic (exact) mass is 538 g/mol. The molecule has 1 atom stereocenters. The summed E-state index contributed by atoms with van der Waals surface area (Å²) in [5, 5.41) is 3.77. The number of halogens is 3. The smallest absolute Gasteiger partial charge is 0.405 e. The van der Waals surface area contributed by atoms with Crippen molar-refractivity contribution in [1.29, 1.82) is 0 Å². The highest BCUT2D eigenvalue weighted by molar-refractivity contribution is 9.10. The molecule has 0 spiro atoms. The fourth-order valence-electron chi connectivity index (χ4n) is 3.50. The summed E-state index contributed by atoms with van der Waals surface area (Å²) in [6, 6.07) is 4.99. The van der Waals surface area contributed by atoms with Crippen LogP contribution in [0.2, 0.25) is 0 Å². The molecule has 0 saturated carbocycles. The van der Waals surface area contributed by atoms with Crippen molar-refractivity contribution in [2.24, 2.45) is 5.73 Å². The van der Waals surface area contributed by atoms with Crippen molar-refractivity contribution in [3.63, 3.8) is 0 Å². The molecule has 3 aromatic rings. The number of H-pyrrole nitrogens is 1. The average molecular weight is 539 g/mol. The zero-order valence-corrected chi connectivity index (χ0v) is 20.0. The number of carbonyl (C=O) groups excluding carboxylic acids is 1. The Balaban J connectivity index is 2.12. The van der Waals surface area contributed by atoms with Gasteiger partial charge in [-0.25, -0.2) is 13.6 Å². The molecule has 3 N–H and O–H groups in total. The molecule has 10 heteroatoms. The Labute approximate surface area is 201 Å². The standard InChI is InChI=1S/C23H21BrF2N2O4S/c1-3-4-16-19(31-11-14-5-6-15(25)9-17(14)26)18(24)21(29)28-20(16)23(2,32-22(27)30)10-13-7-8-33-12-13/h3,5-9,12H,1,4,10-11H2,2H3,(H2,27,30)(H,28,29). The molecule has 2 heterocycles. The van der Waals surface area contributed by atoms with Gasteiger partial charge in [0.05, 0.1) is 5.69 Å². The number of hydrogen-bond donors (Lipinski definition) is 2. The summed E-state index contributed by atoms with van der Waals surface area (Å²) in [6.45, 7) is 5.12. The molecule has 0 aliphatic carbocycles. The first kappa shape index (κ1) is 24.7. The third kappa shape index (κ3) is 5.69. The van der Waals surface area contributed by atoms with E-state index in [0.29, 0.717) is 5.56 Å². The Kier molecular flexibility index (Phi) is 7.70. The Bertz CT molecular complexity index is 1230. The number of rotatable bonds is 9. The van der Waals surface area contributed by atoms with Crippen LogP contribution in [0, 0.1) is 11.6 Å². The molecule has 1 amide bonds. The number of thiophene rings is 1. The van der Waals surface area contributed by atoms with Gasteiger partial charge in [-0.1, -0.05) is 6.08 Å². The highest BCUT2D eigenvalue weighted by Crippen LogP contribution is 2.38. The van der Waals surface area contributed by atoms with Gasteiger partial charge in [0.1, 0.15) is 28.5 Å². The summed E-state index contributed by atoms with van der Waals surface area (Å²) in [5.74, 6) is -1.36. The van der Waals surface area contributed by atoms with Crippen LogP contribution in [-0.2, 0) is 29.8 Å². The summed E-state index contributed by atoms with van der Waals surface area (Å²) in [7, 11) is 0. The summed E-state index contributed by atoms with van der Waals surface area (Å²) < 4.78 is 38.8. The number of aromatic nitrogens is 1. The minimum Gasteiger partial charge on any atom is -0.487 e. The lowest BCUT2D eigenvalue weighted by atomic mass is 9.89. The topological polar surface area (TPSA) is 94.4 Å². The number of allylic oxidation sites excluding steroid dienone is 1. The number of benzene rings is 1. The van der Waals surface area contributed by atoms with Crippen molar-refractivity contribution in [1.82, 2.24) is 4.98 Å². The Morgan fingerprint density at radius 3 is 2.73 bits per heavy atom. The van der Waals surface area contributed by atoms with Crippen LogP contribution in [0.3, 0.4) is 0 Å². The molecule has 0 aliphatic rings. The highest BCUT2D eigenvalue weighted by atomic mass is 79.9. The largest absolute Gasteiger partial charge is 0.487 e. The molecule has 0 radical (unpaired) electrons. The van der Waals surface area contributed by atoms with Gasteiger partial charge in [-0.2, -0.15) is 11.3 Å². The third-order valence-electron chi connectivity index (χ3n) is 4.92. The molecule has 0 fully saturated rings. The molecule has 6 nitrogen and oxygen atoms in total. The molecular formula is C23H21BrF2N2O4S. The van der Waals surface area contributed by atoms with Gasteiger partial charge in [0, 0.05) is 23.6 Å². The van der Waals surface area contributed by atoms with E-state index >= 15 is 0 Å². The van der Waals surface area contributed by atoms with E-state index in [1.165, 1.54) is 17.4 Å². The maximum atomic E-state index is 14.1. The van der Waals surface area contributed by atoms with Gasteiger partial charge in [0.25, 0.3) is 5.56 Å². The second kappa shape index (κ2) is 10.3. The minimum absolute atomic E-state index is 0.0718. The van der Waals surface area contributed by atoms with Crippen molar-refractivity contribution in [3.8, 4) is 5.75 Å². The van der Waals surface area contributed by atoms with Crippen LogP contribution >= 0.6 is 27.3 Å². The van der Waals surface area contributed by atoms with E-state index in [2.05, 4.69) is 27.5 Å². The molecule has 3 rings (SSSR count). The van der Waals surface area contributed by atoms with Gasteiger partial charge in [0.2, 0.25) is 0 Å². The Morgan fingerprint density at radius 1 is 1.36 bits per heavy atom. The van der Waals surface area contributed by atoms with Crippen LogP contribution in [0.15, 0.2) is 56.9 Å². The molecule has 0 bridgehead atoms. The van der Waals surface area contributed by atoms with Crippen LogP contribution in [0.5, 0.6) is 5.75 Å². The number of carbonyl (C=O) groups is 1. The van der Waals surface area contributed by atoms with Gasteiger partial charge in [-0.05, 0) is 63.8 Å². The van der Waals surface area contributed by atoms with E-state index < -0.39 is 28.9 Å². The maximum absolute atomic E-state index is 14.1. The van der Waals surface area contributed by atoms with Gasteiger partial charge < -0.3 is 20.2 Å². The van der Waals surface area contributed by atoms with Crippen molar-refractivity contribution in [2.75, 3.05) is 0 Å². The minimum atomic E-state index is -1.34. The first-order valence-electron chi connectivity index (χ1n) is 9.77. The van der Waals surface area contributed by atoms with E-state index in [9.17, 15) is 18.4 Å². The summed E-state index contributed by atoms with van der Waals surface area (Å²) >= 11 is 4.70. The van der Waals surface area contributed by atoms with E-state index in [4.69, 9.17) is 15.2 Å². The number of ether oxygens (including phenoxy) is 2. The zero-order valence-electron chi connectivity index (χ0n) is 17.6. The second-order valence-electron chi connectivity index (χ2n) is 7.43. The zero-order chi connectivity index (χ0) is 24.2. The van der Waals surface area contributed by atoms with E-state index in [0.717, 1.165) is 17.7 Å². The number of nitrogens with one attached hydrogen (secondary N) is 1. The molecule has 1 aromatic carbocycles. The molecule has 174 valence electrons. The first-order chi connectivity index (χ1) is 15.6. The van der Waals surface area contributed by atoms with E-state index in [-0.39, 0.29) is 40.9 Å². The molecule has 0 saturated heterocycles. The predicted octanol–water partition coefficient (Wildman–Crippen LogP) is 5.34. The van der Waals surface area contributed by atoms with Crippen LogP contribution in [0.1, 0.15) is 29.3 Å². The van der Waals surface area contributed by atoms with Crippen molar-refractivity contribution in [2.45, 2.75) is 32.0 Å². The SMILES string of the molecule is C=CCc1c(C(C)(Cc2ccsc2)OC(N)=O)[nH]c(=O)c(Br)c1OCc1ccc(F)cc1F. The second-order valence-corrected chi connectivity index (χ2v) is 9.00. The van der Waals surface area contributed by atoms with Crippen molar-refractivity contribution >= 4 is 33.4 Å². The van der Waals surface area contributed by atoms with E-state index in [1.807, 2.05) is 16.8 Å². The maximum Gasteiger partial charge on any atom is 0.405 e. The predicted molar refractivity (Wildman–Crippen MR) is 125 cm³/mol. The average Bonchev–Trinajstić information content (AvgIpc) is 3.23. The van der Waals surface area contributed by atoms with Crippen molar-refractivity contribution in [3.05, 3.63) is 96.5 Å². The van der Waals surface area contributed by atoms with Crippen molar-refractivity contribution < 1.29 is 23.0 Å². The van der Waals surface area contributed by atoms with Gasteiger partial charge in [-0.15, -0.1) is 6.58 Å². The molecule has 0 aliphatic heterocycles. The van der Waals surface area contributed by atoms with Gasteiger partial charge in [0.15, 0.2) is 5.60 Å². The highest BCUT2D eigenvalue weighted by Gasteiger charge is 2.36. The lowest BCUT2D eigenvalue weighted by Crippen LogP contribution is -2.37. The summed E-state index contributed by atoms with van der Waals surface area (Å²) in [4.78, 5) is 27.3. The normalized spacial score (nSPS) is 12.7. The first-order valence-corrected chi connectivity index (χ1v) is 11.5. The number of pyridine rings is 1. The number of nitrogens with two attached hydrogens (primary N) is 1. The van der Waals surface area contributed by atoms with Crippen LogP contribution in [-0.4, -0.2) is 11.1 Å². The fraction of sp³-hybridized carbons (Fsp3) is 0.217. The molecular weight excluding hydrogens is 518 g/mol. The van der Waals surface area contributed by atoms with Crippen LogP contribution < -0.4 is 16.0 Å². The molecule has 2 aromatic heterocycles. The third-order valence-corrected chi connectivity index (χ3v) is 6.38. The lowest BCUT2D eigenvalue weighted by Gasteiger charge is -2.31. The quantitative estimate of drug-likeness (QED) is 0.359. The number of amides is 1. The molecule has 1 unspecified atom stereocenters. The van der Waals surface area contributed by atoms with E-state index in [1.54, 1.807) is 13.0 Å². The van der Waals surface area contributed by atoms with Gasteiger partial charge in [-0.3, -0.25) is 4.79 Å².